The van der Waals surface area contributed by atoms with Gasteiger partial charge >= 0.3 is 0 Å². The van der Waals surface area contributed by atoms with E-state index in [1.165, 1.54) is 195 Å². The fraction of sp³-hybridized carbons (Fsp3) is 0.242. The van der Waals surface area contributed by atoms with Crippen LogP contribution in [0.5, 0.6) is 0 Å². The Morgan fingerprint density at radius 1 is 0.247 bits per heavy atom. The molecule has 0 aromatic heterocycles. The van der Waals surface area contributed by atoms with Crippen LogP contribution in [0.15, 0.2) is 267 Å². The smallest absolute Gasteiger partial charge is 0.0462 e. The largest absolute Gasteiger partial charge is 0.311 e. The van der Waals surface area contributed by atoms with Gasteiger partial charge in [0.2, 0.25) is 0 Å². The van der Waals surface area contributed by atoms with Gasteiger partial charge in [0.1, 0.15) is 0 Å². The van der Waals surface area contributed by atoms with Gasteiger partial charge in [0.15, 0.2) is 0 Å². The van der Waals surface area contributed by atoms with Gasteiger partial charge in [-0.3, -0.25) is 0 Å². The maximum absolute atomic E-state index is 2.53. The van der Waals surface area contributed by atoms with Crippen LogP contribution in [0.25, 0.3) is 57.0 Å². The number of anilines is 6. The second-order valence-corrected chi connectivity index (χ2v) is 27.3. The van der Waals surface area contributed by atoms with E-state index in [0.717, 1.165) is 17.1 Å². The molecule has 0 fully saturated rings. The second kappa shape index (κ2) is 33.8. The van der Waals surface area contributed by atoms with Crippen molar-refractivity contribution in [3.05, 3.63) is 334 Å². The minimum absolute atomic E-state index is 0.234. The maximum Gasteiger partial charge on any atom is 0.0462 e. The lowest BCUT2D eigenvalue weighted by molar-refractivity contribution is 0.397. The van der Waals surface area contributed by atoms with E-state index >= 15 is 0 Å². The Hall–Kier alpha value is -9.76. The third-order valence-corrected chi connectivity index (χ3v) is 19.5. The van der Waals surface area contributed by atoms with Crippen LogP contribution in [0, 0.1) is 41.5 Å². The third kappa shape index (κ3) is 18.0. The first kappa shape index (κ1) is 68.6. The van der Waals surface area contributed by atoms with Crippen molar-refractivity contribution in [3.8, 4) is 11.1 Å². The monoisotopic (exact) mass is 1270 g/mol. The first-order valence-corrected chi connectivity index (χ1v) is 36.1. The van der Waals surface area contributed by atoms with Gasteiger partial charge in [-0.25, -0.2) is 0 Å². The summed E-state index contributed by atoms with van der Waals surface area (Å²) in [7, 11) is 0. The molecular formula is C95H100N2. The summed E-state index contributed by atoms with van der Waals surface area (Å²) in [6.07, 6.45) is 28.0. The summed E-state index contributed by atoms with van der Waals surface area (Å²) < 4.78 is 0. The summed E-state index contributed by atoms with van der Waals surface area (Å²) in [6.45, 7) is 17.7. The lowest BCUT2D eigenvalue weighted by Gasteiger charge is -2.33. The Kier molecular flexibility index (Phi) is 23.9. The number of fused-ring (bicyclic) bond motifs is 5. The number of hydrogen-bond donors (Lipinski definition) is 0. The van der Waals surface area contributed by atoms with Crippen LogP contribution in [-0.4, -0.2) is 0 Å². The molecule has 13 rings (SSSR count). The summed E-state index contributed by atoms with van der Waals surface area (Å²) in [5.41, 5.74) is 26.1. The van der Waals surface area contributed by atoms with Crippen molar-refractivity contribution in [1.29, 1.82) is 0 Å². The minimum Gasteiger partial charge on any atom is -0.311 e. The van der Waals surface area contributed by atoms with E-state index in [0.29, 0.717) is 0 Å². The van der Waals surface area contributed by atoms with E-state index in [2.05, 4.69) is 350 Å². The molecule has 0 aliphatic heterocycles. The number of aryl methyl sites for hydroxylation is 6. The zero-order valence-electron chi connectivity index (χ0n) is 59.0. The topological polar surface area (TPSA) is 6.48 Å². The molecule has 0 saturated carbocycles. The van der Waals surface area contributed by atoms with Crippen LogP contribution >= 0.6 is 0 Å². The summed E-state index contributed by atoms with van der Waals surface area (Å²) in [5, 5.41) is 5.09. The fourth-order valence-corrected chi connectivity index (χ4v) is 14.1. The molecule has 0 saturated heterocycles. The van der Waals surface area contributed by atoms with Crippen molar-refractivity contribution in [2.24, 2.45) is 0 Å². The number of benzene rings is 12. The Labute approximate surface area is 581 Å². The van der Waals surface area contributed by atoms with E-state index in [9.17, 15) is 0 Å². The first-order valence-electron chi connectivity index (χ1n) is 36.1. The molecule has 0 spiro atoms. The van der Waals surface area contributed by atoms with E-state index in [1.807, 2.05) is 6.07 Å². The summed E-state index contributed by atoms with van der Waals surface area (Å²) >= 11 is 0. The van der Waals surface area contributed by atoms with Crippen LogP contribution in [-0.2, 0) is 5.41 Å². The van der Waals surface area contributed by atoms with Crippen molar-refractivity contribution < 1.29 is 0 Å². The van der Waals surface area contributed by atoms with Gasteiger partial charge in [-0.05, 0) is 205 Å². The van der Waals surface area contributed by atoms with Gasteiger partial charge in [0.05, 0.1) is 0 Å². The van der Waals surface area contributed by atoms with E-state index in [-0.39, 0.29) is 5.41 Å². The molecule has 0 N–H and O–H groups in total. The molecule has 0 unspecified atom stereocenters. The molecule has 12 aromatic rings. The van der Waals surface area contributed by atoms with Crippen LogP contribution < -0.4 is 9.80 Å². The van der Waals surface area contributed by atoms with Crippen LogP contribution in [0.4, 0.5) is 34.1 Å². The Bertz CT molecular complexity index is 4260. The van der Waals surface area contributed by atoms with E-state index < -0.39 is 0 Å². The highest BCUT2D eigenvalue weighted by atomic mass is 15.1. The number of para-hydroxylation sites is 2. The van der Waals surface area contributed by atoms with E-state index in [4.69, 9.17) is 0 Å². The quantitative estimate of drug-likeness (QED) is 0.0439. The molecule has 0 bridgehead atoms. The third-order valence-electron chi connectivity index (χ3n) is 19.5. The van der Waals surface area contributed by atoms with Gasteiger partial charge in [-0.2, -0.15) is 0 Å². The molecule has 12 aromatic carbocycles. The van der Waals surface area contributed by atoms with Gasteiger partial charge < -0.3 is 9.80 Å². The molecular weight excluding hydrogens is 1170 g/mol. The predicted octanol–water partition coefficient (Wildman–Crippen LogP) is 28.3. The average molecular weight is 1270 g/mol. The van der Waals surface area contributed by atoms with Crippen molar-refractivity contribution >= 4 is 80.0 Å². The van der Waals surface area contributed by atoms with Gasteiger partial charge in [0, 0.05) is 39.5 Å². The van der Waals surface area contributed by atoms with Gasteiger partial charge in [0.25, 0.3) is 0 Å². The molecule has 2 heteroatoms. The molecule has 2 nitrogen and oxygen atoms in total. The molecule has 0 amide bonds. The second-order valence-electron chi connectivity index (χ2n) is 27.3. The maximum atomic E-state index is 2.53. The molecule has 0 radical (unpaired) electrons. The molecule has 0 heterocycles. The zero-order valence-corrected chi connectivity index (χ0v) is 59.0. The molecule has 1 aliphatic rings. The molecule has 1 aliphatic carbocycles. The Morgan fingerprint density at radius 3 is 0.907 bits per heavy atom. The van der Waals surface area contributed by atoms with Crippen LogP contribution in [0.3, 0.4) is 0 Å². The van der Waals surface area contributed by atoms with Crippen LogP contribution in [0.2, 0.25) is 0 Å². The highest BCUT2D eigenvalue weighted by Crippen LogP contribution is 2.55. The Morgan fingerprint density at radius 2 is 0.526 bits per heavy atom. The van der Waals surface area contributed by atoms with Gasteiger partial charge in [-0.15, -0.1) is 0 Å². The normalized spacial score (nSPS) is 12.1. The summed E-state index contributed by atoms with van der Waals surface area (Å²) in [4.78, 5) is 4.58. The molecule has 490 valence electrons. The van der Waals surface area contributed by atoms with Crippen molar-refractivity contribution in [2.45, 2.75) is 151 Å². The standard InChI is InChI=1S/C44H35N.C31H46.C20H19N/c1-32-8-20-40-30-36(14-22-38(40)28-32)12-10-34-16-24-43(25-17-34)45(42-6-4-3-5-7-42)44-26-18-35(19-27-44)11-13-37-15-23-39-29-33(2)9-21-41(39)31-37;1-5-7-9-11-13-15-21-31(22-16-14-12-10-8-6-2)29-23-25(3)17-19-27(29)28-20-18-26(4)24-30(28)31;1-16-8-12-19(13-9-16)21(18-6-4-3-5-7-18)20-14-10-17(2)11-15-20/h3-31H,1-2H3;17-20,23-24H,5-16,21-22H2,1-4H3;3-15H,1-2H3/b12-10+,13-11+;;. The molecule has 0 atom stereocenters. The fourth-order valence-electron chi connectivity index (χ4n) is 14.1. The molecule has 97 heavy (non-hydrogen) atoms. The zero-order chi connectivity index (χ0) is 67.4. The van der Waals surface area contributed by atoms with Crippen molar-refractivity contribution in [3.63, 3.8) is 0 Å². The first-order chi connectivity index (χ1) is 47.4. The number of unbranched alkanes of at least 4 members (excludes halogenated alkanes) is 10. The minimum atomic E-state index is 0.234. The van der Waals surface area contributed by atoms with Crippen LogP contribution in [0.1, 0.15) is 171 Å². The number of nitrogens with zero attached hydrogens (tertiary/aromatic N) is 2. The van der Waals surface area contributed by atoms with Crippen molar-refractivity contribution in [1.82, 2.24) is 0 Å². The van der Waals surface area contributed by atoms with E-state index in [1.54, 1.807) is 11.1 Å². The summed E-state index contributed by atoms with van der Waals surface area (Å²) in [5.74, 6) is 0. The highest BCUT2D eigenvalue weighted by molar-refractivity contribution is 5.89. The SMILES string of the molecule is CCCCCCCCC1(CCCCCCCC)c2cc(C)ccc2-c2ccc(C)cc21.Cc1ccc(N(c2ccccc2)c2ccc(C)cc2)cc1.Cc1ccc2cc(/C=C/c3ccc(N(c4ccccc4)c4ccc(/C=C/c5ccc6cc(C)ccc6c5)cc4)cc3)ccc2c1. The Balaban J connectivity index is 0.000000159. The predicted molar refractivity (Wildman–Crippen MR) is 425 cm³/mol. The number of rotatable bonds is 24. The average Bonchev–Trinajstić information content (AvgIpc) is 1.57. The number of hydrogen-bond acceptors (Lipinski definition) is 2. The van der Waals surface area contributed by atoms with Gasteiger partial charge in [-0.1, -0.05) is 331 Å². The van der Waals surface area contributed by atoms with Crippen molar-refractivity contribution in [2.75, 3.05) is 9.80 Å². The summed E-state index contributed by atoms with van der Waals surface area (Å²) in [6, 6.07) is 96.8. The lowest BCUT2D eigenvalue weighted by Crippen LogP contribution is -2.25. The lowest BCUT2D eigenvalue weighted by atomic mass is 9.70. The highest BCUT2D eigenvalue weighted by Gasteiger charge is 2.42.